The van der Waals surface area contributed by atoms with Crippen LogP contribution in [0.5, 0.6) is 0 Å². The van der Waals surface area contributed by atoms with Gasteiger partial charge in [-0.3, -0.25) is 0 Å². The van der Waals surface area contributed by atoms with Crippen LogP contribution in [0.1, 0.15) is 25.3 Å². The van der Waals surface area contributed by atoms with Crippen molar-refractivity contribution < 1.29 is 10.2 Å². The number of benzene rings is 3. The van der Waals surface area contributed by atoms with E-state index in [1.807, 2.05) is 24.3 Å². The highest BCUT2D eigenvalue weighted by atomic mass is 16.2. The predicted octanol–water partition coefficient (Wildman–Crippen LogP) is 4.92. The first kappa shape index (κ1) is 17.2. The Morgan fingerprint density at radius 2 is 1.70 bits per heavy atom. The van der Waals surface area contributed by atoms with Crippen LogP contribution in [0, 0.1) is 0 Å². The van der Waals surface area contributed by atoms with Gasteiger partial charge in [-0.05, 0) is 47.7 Å². The van der Waals surface area contributed by atoms with Crippen molar-refractivity contribution in [3.8, 4) is 11.1 Å². The van der Waals surface area contributed by atoms with Crippen molar-refractivity contribution in [2.24, 2.45) is 0 Å². The molecule has 0 bridgehead atoms. The molecule has 0 radical (unpaired) electrons. The number of aliphatic hydroxyl groups is 2. The lowest BCUT2D eigenvalue weighted by Gasteiger charge is -2.12. The number of H-pyrrole nitrogens is 1. The van der Waals surface area contributed by atoms with Gasteiger partial charge in [0.25, 0.3) is 0 Å². The van der Waals surface area contributed by atoms with Crippen LogP contribution in [-0.4, -0.2) is 15.2 Å². The van der Waals surface area contributed by atoms with Crippen molar-refractivity contribution in [3.63, 3.8) is 0 Å². The second kappa shape index (κ2) is 7.20. The summed E-state index contributed by atoms with van der Waals surface area (Å²) >= 11 is 0. The van der Waals surface area contributed by atoms with Crippen molar-refractivity contribution in [3.05, 3.63) is 70.6 Å². The number of nitrogens with one attached hydrogen (secondary N) is 1. The second-order valence-corrected chi connectivity index (χ2v) is 6.90. The maximum Gasteiger partial charge on any atom is 0.0871 e. The molecule has 0 atom stereocenters. The minimum absolute atomic E-state index is 0.599. The molecule has 4 aromatic rings. The van der Waals surface area contributed by atoms with E-state index in [0.29, 0.717) is 10.4 Å². The fourth-order valence-electron chi connectivity index (χ4n) is 3.85. The number of para-hydroxylation sites is 1. The zero-order valence-electron chi connectivity index (χ0n) is 15.4. The molecule has 3 N–H and O–H groups in total. The van der Waals surface area contributed by atoms with Crippen LogP contribution < -0.4 is 10.4 Å². The average Bonchev–Trinajstić information content (AvgIpc) is 3.10. The van der Waals surface area contributed by atoms with E-state index in [0.717, 1.165) is 48.4 Å². The Morgan fingerprint density at radius 1 is 0.889 bits per heavy atom. The molecule has 0 fully saturated rings. The predicted molar refractivity (Wildman–Crippen MR) is 113 cm³/mol. The summed E-state index contributed by atoms with van der Waals surface area (Å²) in [4.78, 5) is 3.52. The van der Waals surface area contributed by atoms with Gasteiger partial charge in [-0.2, -0.15) is 0 Å². The molecule has 0 spiro atoms. The number of hydrogen-bond donors (Lipinski definition) is 3. The van der Waals surface area contributed by atoms with E-state index in [-0.39, 0.29) is 0 Å². The van der Waals surface area contributed by atoms with Gasteiger partial charge in [0.2, 0.25) is 0 Å². The van der Waals surface area contributed by atoms with E-state index in [9.17, 15) is 10.2 Å². The molecular weight excluding hydrogens is 334 g/mol. The van der Waals surface area contributed by atoms with E-state index in [1.54, 1.807) is 0 Å². The molecular formula is C24H23NO2. The van der Waals surface area contributed by atoms with Crippen LogP contribution >= 0.6 is 0 Å². The maximum atomic E-state index is 9.61. The quantitative estimate of drug-likeness (QED) is 0.485. The highest BCUT2D eigenvalue weighted by Gasteiger charge is 2.14. The average molecular weight is 357 g/mol. The zero-order chi connectivity index (χ0) is 18.8. The number of hydrogen-bond acceptors (Lipinski definition) is 2. The molecule has 0 aliphatic heterocycles. The first-order valence-corrected chi connectivity index (χ1v) is 9.38. The minimum atomic E-state index is 0.599. The third-order valence-corrected chi connectivity index (χ3v) is 5.21. The molecule has 1 aromatic heterocycles. The smallest absolute Gasteiger partial charge is 0.0871 e. The van der Waals surface area contributed by atoms with Gasteiger partial charge in [0.05, 0.1) is 12.5 Å². The Bertz CT molecular complexity index is 1230. The lowest BCUT2D eigenvalue weighted by Crippen LogP contribution is -2.24. The molecule has 27 heavy (non-hydrogen) atoms. The molecule has 0 amide bonds. The van der Waals surface area contributed by atoms with Gasteiger partial charge in [0, 0.05) is 32.2 Å². The van der Waals surface area contributed by atoms with E-state index in [1.165, 1.54) is 21.9 Å². The van der Waals surface area contributed by atoms with Gasteiger partial charge < -0.3 is 15.2 Å². The number of fused-ring (bicyclic) bond motifs is 3. The molecule has 4 rings (SSSR count). The normalized spacial score (nSPS) is 13.1. The number of aliphatic hydroxyl groups excluding tert-OH is 2. The fourth-order valence-corrected chi connectivity index (χ4v) is 3.85. The highest BCUT2D eigenvalue weighted by Crippen LogP contribution is 2.37. The molecule has 0 aliphatic rings. The van der Waals surface area contributed by atoms with Gasteiger partial charge >= 0.3 is 0 Å². The number of aromatic amines is 1. The molecule has 3 heteroatoms. The SMILES string of the molecule is CCCCc1ccc2[nH]c3ccccc3c2c1-c1ccc(=CO)c(=CO)c1. The molecule has 136 valence electrons. The summed E-state index contributed by atoms with van der Waals surface area (Å²) in [7, 11) is 0. The van der Waals surface area contributed by atoms with E-state index in [2.05, 4.69) is 42.2 Å². The van der Waals surface area contributed by atoms with Crippen molar-refractivity contribution in [1.29, 1.82) is 0 Å². The first-order valence-electron chi connectivity index (χ1n) is 9.38. The van der Waals surface area contributed by atoms with E-state index < -0.39 is 0 Å². The van der Waals surface area contributed by atoms with Crippen molar-refractivity contribution in [1.82, 2.24) is 4.98 Å². The van der Waals surface area contributed by atoms with Gasteiger partial charge in [0.1, 0.15) is 0 Å². The minimum Gasteiger partial charge on any atom is -0.515 e. The maximum absolute atomic E-state index is 9.61. The third kappa shape index (κ3) is 2.95. The molecule has 0 unspecified atom stereocenters. The van der Waals surface area contributed by atoms with Gasteiger partial charge in [-0.1, -0.05) is 49.7 Å². The topological polar surface area (TPSA) is 56.2 Å². The summed E-state index contributed by atoms with van der Waals surface area (Å²) < 4.78 is 0. The van der Waals surface area contributed by atoms with Crippen LogP contribution in [0.25, 0.3) is 45.5 Å². The van der Waals surface area contributed by atoms with Crippen LogP contribution in [0.3, 0.4) is 0 Å². The van der Waals surface area contributed by atoms with Gasteiger partial charge in [0.15, 0.2) is 0 Å². The van der Waals surface area contributed by atoms with Gasteiger partial charge in [-0.15, -0.1) is 0 Å². The van der Waals surface area contributed by atoms with Crippen molar-refractivity contribution in [2.45, 2.75) is 26.2 Å². The van der Waals surface area contributed by atoms with Crippen LogP contribution in [0.15, 0.2) is 54.6 Å². The summed E-state index contributed by atoms with van der Waals surface area (Å²) in [6, 6.07) is 18.5. The van der Waals surface area contributed by atoms with Gasteiger partial charge in [-0.25, -0.2) is 0 Å². The van der Waals surface area contributed by atoms with E-state index in [4.69, 9.17) is 0 Å². The number of aromatic nitrogens is 1. The largest absolute Gasteiger partial charge is 0.515 e. The van der Waals surface area contributed by atoms with Crippen molar-refractivity contribution >= 4 is 34.3 Å². The Labute approximate surface area is 157 Å². The second-order valence-electron chi connectivity index (χ2n) is 6.90. The molecule has 3 aromatic carbocycles. The summed E-state index contributed by atoms with van der Waals surface area (Å²) in [5.74, 6) is 0. The number of unbranched alkanes of at least 4 members (excludes halogenated alkanes) is 1. The summed E-state index contributed by atoms with van der Waals surface area (Å²) in [6.45, 7) is 2.20. The van der Waals surface area contributed by atoms with E-state index >= 15 is 0 Å². The molecule has 0 saturated heterocycles. The van der Waals surface area contributed by atoms with Crippen LogP contribution in [0.4, 0.5) is 0 Å². The highest BCUT2D eigenvalue weighted by molar-refractivity contribution is 6.14. The standard InChI is InChI=1S/C24H23NO2/c1-2-3-6-16-11-12-22-24(20-7-4-5-8-21(20)25-22)23(16)17-9-10-18(14-26)19(13-17)15-27/h4-5,7-15,25-27H,2-3,6H2,1H3. The van der Waals surface area contributed by atoms with Crippen molar-refractivity contribution in [2.75, 3.05) is 0 Å². The molecule has 3 nitrogen and oxygen atoms in total. The molecule has 1 heterocycles. The Balaban J connectivity index is 2.10. The lowest BCUT2D eigenvalue weighted by atomic mass is 9.91. The number of aryl methyl sites for hydroxylation is 1. The summed E-state index contributed by atoms with van der Waals surface area (Å²) in [6.07, 6.45) is 5.35. The lowest BCUT2D eigenvalue weighted by molar-refractivity contribution is 0.533. The summed E-state index contributed by atoms with van der Waals surface area (Å²) in [5, 5.41) is 22.6. The molecule has 0 aliphatic carbocycles. The van der Waals surface area contributed by atoms with Crippen LogP contribution in [-0.2, 0) is 6.42 Å². The third-order valence-electron chi connectivity index (χ3n) is 5.21. The molecule has 0 saturated carbocycles. The monoisotopic (exact) mass is 357 g/mol. The first-order chi connectivity index (χ1) is 13.3. The Morgan fingerprint density at radius 3 is 2.48 bits per heavy atom. The number of rotatable bonds is 4. The fraction of sp³-hybridized carbons (Fsp3) is 0.167. The Kier molecular flexibility index (Phi) is 4.59. The summed E-state index contributed by atoms with van der Waals surface area (Å²) in [5.41, 5.74) is 5.78. The zero-order valence-corrected chi connectivity index (χ0v) is 15.4. The van der Waals surface area contributed by atoms with Crippen LogP contribution in [0.2, 0.25) is 0 Å². The Hall–Kier alpha value is -3.20.